The molecular formula is C18H18N4O6S. The second-order valence-electron chi connectivity index (χ2n) is 6.42. The maximum Gasteiger partial charge on any atom is 0.293 e. The third-order valence-electron chi connectivity index (χ3n) is 4.36. The molecule has 2 amide bonds. The molecule has 3 rings (SSSR count). The third kappa shape index (κ3) is 4.88. The van der Waals surface area contributed by atoms with E-state index in [-0.39, 0.29) is 29.7 Å². The van der Waals surface area contributed by atoms with Crippen molar-refractivity contribution in [2.45, 2.75) is 23.8 Å². The van der Waals surface area contributed by atoms with Gasteiger partial charge in [-0.1, -0.05) is 18.2 Å². The fourth-order valence-corrected chi connectivity index (χ4v) is 3.87. The number of hydrogen-bond acceptors (Lipinski definition) is 7. The predicted octanol–water partition coefficient (Wildman–Crippen LogP) is 1.40. The van der Waals surface area contributed by atoms with Gasteiger partial charge in [-0.15, -0.1) is 0 Å². The summed E-state index contributed by atoms with van der Waals surface area (Å²) >= 11 is 0. The summed E-state index contributed by atoms with van der Waals surface area (Å²) in [7, 11) is -4.31. The predicted molar refractivity (Wildman–Crippen MR) is 104 cm³/mol. The van der Waals surface area contributed by atoms with E-state index in [2.05, 4.69) is 10.6 Å². The molecule has 1 heterocycles. The number of hydrogen-bond donors (Lipinski definition) is 3. The Morgan fingerprint density at radius 1 is 1.21 bits per heavy atom. The van der Waals surface area contributed by atoms with E-state index >= 15 is 0 Å². The van der Waals surface area contributed by atoms with Crippen LogP contribution in [0.1, 0.15) is 23.2 Å². The number of nitrogens with one attached hydrogen (secondary N) is 3. The summed E-state index contributed by atoms with van der Waals surface area (Å²) in [6, 6.07) is 10.9. The lowest BCUT2D eigenvalue weighted by molar-refractivity contribution is -0.384. The van der Waals surface area contributed by atoms with E-state index in [1.54, 1.807) is 18.2 Å². The Kier molecular flexibility index (Phi) is 5.78. The molecule has 0 aromatic heterocycles. The number of carbonyl (C=O) groups excluding carboxylic acids is 2. The van der Waals surface area contributed by atoms with E-state index in [0.717, 1.165) is 6.07 Å². The molecular weight excluding hydrogens is 400 g/mol. The molecule has 1 saturated heterocycles. The van der Waals surface area contributed by atoms with Crippen LogP contribution in [-0.2, 0) is 14.8 Å². The number of anilines is 1. The van der Waals surface area contributed by atoms with Gasteiger partial charge in [0.05, 0.1) is 9.82 Å². The zero-order chi connectivity index (χ0) is 21.0. The molecule has 1 aliphatic heterocycles. The summed E-state index contributed by atoms with van der Waals surface area (Å²) in [4.78, 5) is 33.6. The number of sulfonamides is 1. The largest absolute Gasteiger partial charge is 0.377 e. The van der Waals surface area contributed by atoms with E-state index < -0.39 is 31.4 Å². The van der Waals surface area contributed by atoms with Crippen LogP contribution in [0.3, 0.4) is 0 Å². The fraction of sp³-hybridized carbons (Fsp3) is 0.222. The SMILES string of the molecule is O=C1CCC(CNc2ccc(S(=O)(=O)NC(=O)c3ccccc3)cc2[N+](=O)[O-])N1. The minimum absolute atomic E-state index is 0.0816. The van der Waals surface area contributed by atoms with Crippen molar-refractivity contribution >= 4 is 33.2 Å². The van der Waals surface area contributed by atoms with Crippen LogP contribution >= 0.6 is 0 Å². The number of benzene rings is 2. The highest BCUT2D eigenvalue weighted by Gasteiger charge is 2.25. The lowest BCUT2D eigenvalue weighted by atomic mass is 10.2. The molecule has 0 saturated carbocycles. The first-order valence-electron chi connectivity index (χ1n) is 8.70. The summed E-state index contributed by atoms with van der Waals surface area (Å²) < 4.78 is 26.9. The van der Waals surface area contributed by atoms with Crippen molar-refractivity contribution in [3.8, 4) is 0 Å². The van der Waals surface area contributed by atoms with Crippen molar-refractivity contribution in [3.05, 3.63) is 64.2 Å². The molecule has 1 fully saturated rings. The molecule has 2 aromatic carbocycles. The van der Waals surface area contributed by atoms with Crippen molar-refractivity contribution in [2.24, 2.45) is 0 Å². The van der Waals surface area contributed by atoms with Crippen molar-refractivity contribution in [1.29, 1.82) is 0 Å². The molecule has 2 aromatic rings. The van der Waals surface area contributed by atoms with Crippen molar-refractivity contribution in [2.75, 3.05) is 11.9 Å². The highest BCUT2D eigenvalue weighted by Crippen LogP contribution is 2.28. The van der Waals surface area contributed by atoms with Crippen LogP contribution in [0.4, 0.5) is 11.4 Å². The van der Waals surface area contributed by atoms with Crippen molar-refractivity contribution in [3.63, 3.8) is 0 Å². The quantitative estimate of drug-likeness (QED) is 0.455. The molecule has 29 heavy (non-hydrogen) atoms. The highest BCUT2D eigenvalue weighted by molar-refractivity contribution is 7.90. The normalized spacial score (nSPS) is 16.1. The zero-order valence-electron chi connectivity index (χ0n) is 15.1. The average Bonchev–Trinajstić information content (AvgIpc) is 3.11. The van der Waals surface area contributed by atoms with Crippen LogP contribution in [0.25, 0.3) is 0 Å². The number of amides is 2. The Balaban J connectivity index is 1.78. The first-order chi connectivity index (χ1) is 13.8. The van der Waals surface area contributed by atoms with E-state index in [4.69, 9.17) is 0 Å². The number of carbonyl (C=O) groups is 2. The first kappa shape index (κ1) is 20.3. The molecule has 11 heteroatoms. The second kappa shape index (κ2) is 8.27. The third-order valence-corrected chi connectivity index (χ3v) is 5.69. The van der Waals surface area contributed by atoms with E-state index in [1.165, 1.54) is 24.3 Å². The van der Waals surface area contributed by atoms with Gasteiger partial charge in [0.2, 0.25) is 5.91 Å². The topological polar surface area (TPSA) is 148 Å². The Hall–Kier alpha value is -3.47. The molecule has 0 radical (unpaired) electrons. The minimum Gasteiger partial charge on any atom is -0.377 e. The van der Waals surface area contributed by atoms with Crippen LogP contribution in [0.2, 0.25) is 0 Å². The Morgan fingerprint density at radius 2 is 1.93 bits per heavy atom. The van der Waals surface area contributed by atoms with Gasteiger partial charge in [-0.2, -0.15) is 0 Å². The molecule has 3 N–H and O–H groups in total. The van der Waals surface area contributed by atoms with Gasteiger partial charge in [0.25, 0.3) is 21.6 Å². The van der Waals surface area contributed by atoms with Crippen molar-refractivity contribution < 1.29 is 22.9 Å². The van der Waals surface area contributed by atoms with Crippen LogP contribution in [-0.4, -0.2) is 37.7 Å². The standard InChI is InChI=1S/C18H18N4O6S/c23-17-9-6-13(20-17)11-19-15-8-7-14(10-16(15)22(25)26)29(27,28)21-18(24)12-4-2-1-3-5-12/h1-5,7-8,10,13,19H,6,9,11H2,(H,20,23)(H,21,24). The molecule has 0 spiro atoms. The van der Waals surface area contributed by atoms with Crippen LogP contribution in [0.5, 0.6) is 0 Å². The molecule has 10 nitrogen and oxygen atoms in total. The van der Waals surface area contributed by atoms with Gasteiger partial charge in [-0.25, -0.2) is 13.1 Å². The van der Waals surface area contributed by atoms with Gasteiger partial charge < -0.3 is 10.6 Å². The van der Waals surface area contributed by atoms with Crippen LogP contribution in [0.15, 0.2) is 53.4 Å². The highest BCUT2D eigenvalue weighted by atomic mass is 32.2. The Labute approximate surface area is 166 Å². The maximum atomic E-state index is 12.5. The maximum absolute atomic E-state index is 12.5. The van der Waals surface area contributed by atoms with Gasteiger partial charge in [0.1, 0.15) is 5.69 Å². The summed E-state index contributed by atoms with van der Waals surface area (Å²) in [6.07, 6.45) is 1.00. The summed E-state index contributed by atoms with van der Waals surface area (Å²) in [5.41, 5.74) is -0.198. The monoisotopic (exact) mass is 418 g/mol. The lowest BCUT2D eigenvalue weighted by Gasteiger charge is -2.13. The zero-order valence-corrected chi connectivity index (χ0v) is 15.9. The molecule has 152 valence electrons. The number of nitro groups is 1. The molecule has 0 aliphatic carbocycles. The first-order valence-corrected chi connectivity index (χ1v) is 10.2. The van der Waals surface area contributed by atoms with E-state index in [9.17, 15) is 28.1 Å². The van der Waals surface area contributed by atoms with Gasteiger partial charge in [-0.3, -0.25) is 19.7 Å². The Morgan fingerprint density at radius 3 is 2.55 bits per heavy atom. The summed E-state index contributed by atoms with van der Waals surface area (Å²) in [5, 5.41) is 17.0. The molecule has 1 aliphatic rings. The smallest absolute Gasteiger partial charge is 0.293 e. The van der Waals surface area contributed by atoms with Gasteiger partial charge >= 0.3 is 0 Å². The fourth-order valence-electron chi connectivity index (χ4n) is 2.87. The average molecular weight is 418 g/mol. The number of nitro benzene ring substituents is 1. The Bertz CT molecular complexity index is 1060. The number of nitrogens with zero attached hydrogens (tertiary/aromatic N) is 1. The van der Waals surface area contributed by atoms with E-state index in [1.807, 2.05) is 4.72 Å². The van der Waals surface area contributed by atoms with Gasteiger partial charge in [0.15, 0.2) is 0 Å². The number of rotatable bonds is 7. The molecule has 1 unspecified atom stereocenters. The molecule has 1 atom stereocenters. The van der Waals surface area contributed by atoms with Crippen molar-refractivity contribution in [1.82, 2.24) is 10.0 Å². The van der Waals surface area contributed by atoms with E-state index in [0.29, 0.717) is 12.8 Å². The second-order valence-corrected chi connectivity index (χ2v) is 8.10. The molecule has 0 bridgehead atoms. The lowest BCUT2D eigenvalue weighted by Crippen LogP contribution is -2.32. The minimum atomic E-state index is -4.31. The van der Waals surface area contributed by atoms with Gasteiger partial charge in [-0.05, 0) is 30.7 Å². The summed E-state index contributed by atoms with van der Waals surface area (Å²) in [5.74, 6) is -0.922. The van der Waals surface area contributed by atoms with Crippen LogP contribution < -0.4 is 15.4 Å². The summed E-state index contributed by atoms with van der Waals surface area (Å²) in [6.45, 7) is 0.267. The van der Waals surface area contributed by atoms with Gasteiger partial charge in [0, 0.05) is 30.6 Å². The van der Waals surface area contributed by atoms with Crippen LogP contribution in [0, 0.1) is 10.1 Å².